The molecule has 114 valence electrons. The van der Waals surface area contributed by atoms with Gasteiger partial charge in [0, 0.05) is 10.0 Å². The summed E-state index contributed by atoms with van der Waals surface area (Å²) in [7, 11) is 1.65. The van der Waals surface area contributed by atoms with Gasteiger partial charge in [-0.1, -0.05) is 18.7 Å². The summed E-state index contributed by atoms with van der Waals surface area (Å²) in [6.45, 7) is 8.30. The van der Waals surface area contributed by atoms with E-state index in [1.165, 1.54) is 0 Å². The minimum Gasteiger partial charge on any atom is -0.497 e. The lowest BCUT2D eigenvalue weighted by Gasteiger charge is -2.25. The van der Waals surface area contributed by atoms with Crippen LogP contribution in [0.15, 0.2) is 45.6 Å². The van der Waals surface area contributed by atoms with Crippen molar-refractivity contribution in [2.45, 2.75) is 38.6 Å². The fourth-order valence-corrected chi connectivity index (χ4v) is 3.47. The standard InChI is InChI=1S/C17H21IO3/c1-11(2)17(19)9-15(12(3)16(17)18)21-10-13-5-7-14(20-4)8-6-13/h5-8,15,19H,1,9-10H2,2-4H3/t15-,17+/m0/s1. The Balaban J connectivity index is 2.03. The van der Waals surface area contributed by atoms with Crippen molar-refractivity contribution in [1.29, 1.82) is 0 Å². The van der Waals surface area contributed by atoms with E-state index >= 15 is 0 Å². The van der Waals surface area contributed by atoms with Crippen LogP contribution in [0.4, 0.5) is 0 Å². The SMILES string of the molecule is C=C(C)[C@]1(O)C[C@H](OCc2ccc(OC)cc2)C(C)=C1I. The number of aliphatic hydroxyl groups is 1. The monoisotopic (exact) mass is 400 g/mol. The molecule has 0 spiro atoms. The predicted molar refractivity (Wildman–Crippen MR) is 92.7 cm³/mol. The van der Waals surface area contributed by atoms with Gasteiger partial charge in [0.15, 0.2) is 0 Å². The van der Waals surface area contributed by atoms with Crippen LogP contribution in [0, 0.1) is 0 Å². The van der Waals surface area contributed by atoms with Crippen molar-refractivity contribution < 1.29 is 14.6 Å². The Hall–Kier alpha value is -0.850. The van der Waals surface area contributed by atoms with Crippen molar-refractivity contribution in [3.8, 4) is 5.75 Å². The molecule has 0 amide bonds. The molecule has 2 atom stereocenters. The lowest BCUT2D eigenvalue weighted by molar-refractivity contribution is 0.0256. The Morgan fingerprint density at radius 1 is 1.43 bits per heavy atom. The number of hydrogen-bond donors (Lipinski definition) is 1. The van der Waals surface area contributed by atoms with Gasteiger partial charge in [-0.15, -0.1) is 0 Å². The summed E-state index contributed by atoms with van der Waals surface area (Å²) in [5.41, 5.74) is 2.01. The first-order valence-corrected chi connectivity index (χ1v) is 7.96. The van der Waals surface area contributed by atoms with Gasteiger partial charge >= 0.3 is 0 Å². The molecule has 3 nitrogen and oxygen atoms in total. The van der Waals surface area contributed by atoms with Crippen LogP contribution in [0.25, 0.3) is 0 Å². The minimum absolute atomic E-state index is 0.0688. The van der Waals surface area contributed by atoms with E-state index in [2.05, 4.69) is 29.2 Å². The smallest absolute Gasteiger partial charge is 0.119 e. The molecule has 0 saturated heterocycles. The number of ether oxygens (including phenoxy) is 2. The molecule has 0 unspecified atom stereocenters. The Morgan fingerprint density at radius 3 is 2.52 bits per heavy atom. The third-order valence-corrected chi connectivity index (χ3v) is 5.73. The Morgan fingerprint density at radius 2 is 2.05 bits per heavy atom. The molecule has 0 bridgehead atoms. The van der Waals surface area contributed by atoms with E-state index in [-0.39, 0.29) is 6.10 Å². The molecule has 21 heavy (non-hydrogen) atoms. The summed E-state index contributed by atoms with van der Waals surface area (Å²) < 4.78 is 12.1. The molecule has 1 aliphatic rings. The number of benzene rings is 1. The van der Waals surface area contributed by atoms with Crippen LogP contribution in [0.3, 0.4) is 0 Å². The third kappa shape index (κ3) is 3.33. The summed E-state index contributed by atoms with van der Waals surface area (Å²) in [6.07, 6.45) is 0.475. The normalized spacial score (nSPS) is 25.3. The molecule has 0 aliphatic heterocycles. The largest absolute Gasteiger partial charge is 0.497 e. The first-order valence-electron chi connectivity index (χ1n) is 6.88. The van der Waals surface area contributed by atoms with Crippen LogP contribution in [0.5, 0.6) is 5.75 Å². The van der Waals surface area contributed by atoms with Gasteiger partial charge in [0.25, 0.3) is 0 Å². The Kier molecular flexibility index (Phi) is 5.11. The number of halogens is 1. The third-order valence-electron chi connectivity index (χ3n) is 3.99. The van der Waals surface area contributed by atoms with Crippen molar-refractivity contribution >= 4 is 22.6 Å². The van der Waals surface area contributed by atoms with Crippen molar-refractivity contribution in [2.24, 2.45) is 0 Å². The topological polar surface area (TPSA) is 38.7 Å². The highest BCUT2D eigenvalue weighted by molar-refractivity contribution is 14.1. The second-order valence-electron chi connectivity index (χ2n) is 5.49. The molecular weight excluding hydrogens is 379 g/mol. The van der Waals surface area contributed by atoms with E-state index in [9.17, 15) is 5.11 Å². The highest BCUT2D eigenvalue weighted by Crippen LogP contribution is 2.44. The summed E-state index contributed by atoms with van der Waals surface area (Å²) in [4.78, 5) is 0. The van der Waals surface area contributed by atoms with Crippen molar-refractivity contribution in [3.05, 3.63) is 51.1 Å². The average molecular weight is 400 g/mol. The molecule has 1 N–H and O–H groups in total. The number of hydrogen-bond acceptors (Lipinski definition) is 3. The Bertz CT molecular complexity index is 562. The number of methoxy groups -OCH3 is 1. The zero-order chi connectivity index (χ0) is 15.6. The van der Waals surface area contributed by atoms with Gasteiger partial charge in [0.1, 0.15) is 11.4 Å². The van der Waals surface area contributed by atoms with Gasteiger partial charge < -0.3 is 14.6 Å². The average Bonchev–Trinajstić information content (AvgIpc) is 2.71. The molecule has 0 heterocycles. The van der Waals surface area contributed by atoms with E-state index in [4.69, 9.17) is 9.47 Å². The van der Waals surface area contributed by atoms with Gasteiger partial charge in [-0.25, -0.2) is 0 Å². The molecule has 1 aromatic carbocycles. The minimum atomic E-state index is -0.935. The summed E-state index contributed by atoms with van der Waals surface area (Å²) in [6, 6.07) is 7.82. The maximum absolute atomic E-state index is 10.7. The summed E-state index contributed by atoms with van der Waals surface area (Å²) in [5, 5.41) is 10.7. The van der Waals surface area contributed by atoms with Crippen LogP contribution in [0.2, 0.25) is 0 Å². The van der Waals surface area contributed by atoms with Gasteiger partial charge in [-0.3, -0.25) is 0 Å². The summed E-state index contributed by atoms with van der Waals surface area (Å²) in [5.74, 6) is 0.835. The molecule has 2 rings (SSSR count). The van der Waals surface area contributed by atoms with E-state index in [1.54, 1.807) is 7.11 Å². The van der Waals surface area contributed by atoms with Crippen LogP contribution < -0.4 is 4.74 Å². The van der Waals surface area contributed by atoms with Gasteiger partial charge in [-0.05, 0) is 65.3 Å². The fourth-order valence-electron chi connectivity index (χ4n) is 2.44. The molecule has 0 radical (unpaired) electrons. The van der Waals surface area contributed by atoms with Crippen LogP contribution in [-0.4, -0.2) is 23.9 Å². The van der Waals surface area contributed by atoms with E-state index in [0.29, 0.717) is 13.0 Å². The first-order chi connectivity index (χ1) is 9.88. The van der Waals surface area contributed by atoms with Gasteiger partial charge in [0.05, 0.1) is 19.8 Å². The Labute approximate surface area is 139 Å². The van der Waals surface area contributed by atoms with Gasteiger partial charge in [0.2, 0.25) is 0 Å². The van der Waals surface area contributed by atoms with Gasteiger partial charge in [-0.2, -0.15) is 0 Å². The molecule has 4 heteroatoms. The van der Waals surface area contributed by atoms with Crippen LogP contribution in [0.1, 0.15) is 25.8 Å². The zero-order valence-electron chi connectivity index (χ0n) is 12.6. The second kappa shape index (κ2) is 6.50. The van der Waals surface area contributed by atoms with E-state index in [0.717, 1.165) is 26.0 Å². The van der Waals surface area contributed by atoms with Crippen LogP contribution in [-0.2, 0) is 11.3 Å². The molecule has 0 saturated carbocycles. The second-order valence-corrected chi connectivity index (χ2v) is 6.57. The fraction of sp³-hybridized carbons (Fsp3) is 0.412. The quantitative estimate of drug-likeness (QED) is 0.600. The van der Waals surface area contributed by atoms with E-state index < -0.39 is 5.60 Å². The van der Waals surface area contributed by atoms with Crippen LogP contribution >= 0.6 is 22.6 Å². The molecular formula is C17H21IO3. The first kappa shape index (κ1) is 16.5. The van der Waals surface area contributed by atoms with Crippen molar-refractivity contribution in [1.82, 2.24) is 0 Å². The molecule has 1 aliphatic carbocycles. The molecule has 0 aromatic heterocycles. The molecule has 1 aromatic rings. The van der Waals surface area contributed by atoms with E-state index in [1.807, 2.05) is 38.1 Å². The molecule has 0 fully saturated rings. The highest BCUT2D eigenvalue weighted by atomic mass is 127. The highest BCUT2D eigenvalue weighted by Gasteiger charge is 2.43. The maximum atomic E-state index is 10.7. The predicted octanol–water partition coefficient (Wildman–Crippen LogP) is 4.00. The van der Waals surface area contributed by atoms with Crippen molar-refractivity contribution in [2.75, 3.05) is 7.11 Å². The van der Waals surface area contributed by atoms with Crippen molar-refractivity contribution in [3.63, 3.8) is 0 Å². The maximum Gasteiger partial charge on any atom is 0.119 e. The zero-order valence-corrected chi connectivity index (χ0v) is 14.8. The number of rotatable bonds is 5. The lowest BCUT2D eigenvalue weighted by Crippen LogP contribution is -2.29. The summed E-state index contributed by atoms with van der Waals surface area (Å²) >= 11 is 2.20. The lowest BCUT2D eigenvalue weighted by atomic mass is 9.95.